The van der Waals surface area contributed by atoms with Gasteiger partial charge >= 0.3 is 0 Å². The Bertz CT molecular complexity index is 519. The molecule has 1 unspecified atom stereocenters. The Hall–Kier alpha value is -1.10. The van der Waals surface area contributed by atoms with E-state index in [2.05, 4.69) is 47.9 Å². The number of hydrogen-bond acceptors (Lipinski definition) is 3. The van der Waals surface area contributed by atoms with Gasteiger partial charge in [0.25, 0.3) is 0 Å². The van der Waals surface area contributed by atoms with Crippen LogP contribution >= 0.6 is 11.3 Å². The summed E-state index contributed by atoms with van der Waals surface area (Å²) in [5.74, 6) is 2.76. The first-order valence-electron chi connectivity index (χ1n) is 8.97. The number of aromatic nitrogens is 1. The zero-order valence-corrected chi connectivity index (χ0v) is 16.2. The Balaban J connectivity index is 1.83. The minimum Gasteiger partial charge on any atom is -0.356 e. The average Bonchev–Trinajstić information content (AvgIpc) is 3.12. The first-order valence-corrected chi connectivity index (χ1v) is 9.79. The maximum Gasteiger partial charge on any atom is 0.193 e. The van der Waals surface area contributed by atoms with E-state index in [9.17, 15) is 0 Å². The van der Waals surface area contributed by atoms with Crippen molar-refractivity contribution >= 4 is 17.3 Å². The number of likely N-dealkylation sites (tertiary alicyclic amines) is 1. The van der Waals surface area contributed by atoms with Crippen LogP contribution in [0.2, 0.25) is 0 Å². The molecule has 1 aromatic rings. The summed E-state index contributed by atoms with van der Waals surface area (Å²) in [6.45, 7) is 12.1. The van der Waals surface area contributed by atoms with Crippen LogP contribution in [0, 0.1) is 25.7 Å². The predicted molar refractivity (Wildman–Crippen MR) is 100 cm³/mol. The van der Waals surface area contributed by atoms with Gasteiger partial charge in [-0.2, -0.15) is 0 Å². The molecule has 1 saturated heterocycles. The van der Waals surface area contributed by atoms with Crippen LogP contribution in [-0.2, 0) is 6.42 Å². The molecule has 2 rings (SSSR count). The van der Waals surface area contributed by atoms with Gasteiger partial charge in [0.2, 0.25) is 0 Å². The molecule has 1 aliphatic heterocycles. The van der Waals surface area contributed by atoms with Crippen LogP contribution in [0.4, 0.5) is 0 Å². The van der Waals surface area contributed by atoms with Crippen LogP contribution in [-0.4, -0.2) is 42.5 Å². The van der Waals surface area contributed by atoms with Crippen LogP contribution in [0.15, 0.2) is 4.99 Å². The summed E-state index contributed by atoms with van der Waals surface area (Å²) < 4.78 is 0. The fourth-order valence-electron chi connectivity index (χ4n) is 3.75. The predicted octanol–water partition coefficient (Wildman–Crippen LogP) is 3.64. The van der Waals surface area contributed by atoms with E-state index in [0.29, 0.717) is 0 Å². The number of guanidine groups is 1. The highest BCUT2D eigenvalue weighted by atomic mass is 32.1. The highest BCUT2D eigenvalue weighted by molar-refractivity contribution is 7.11. The third kappa shape index (κ3) is 4.69. The second-order valence-corrected chi connectivity index (χ2v) is 7.82. The number of aliphatic imine (C=N–C) groups is 1. The molecule has 4 nitrogen and oxygen atoms in total. The highest BCUT2D eigenvalue weighted by Crippen LogP contribution is 2.28. The average molecular weight is 337 g/mol. The first kappa shape index (κ1) is 18.2. The Morgan fingerprint density at radius 3 is 2.70 bits per heavy atom. The standard InChI is InChI=1S/C18H32N4S/c1-6-15(7-2)16-9-11-22(12-16)18(19-5)20-10-8-17-13(3)21-14(4)23-17/h15-16H,6-12H2,1-5H3,(H,19,20). The van der Waals surface area contributed by atoms with E-state index < -0.39 is 0 Å². The van der Waals surface area contributed by atoms with Crippen molar-refractivity contribution in [3.8, 4) is 0 Å². The van der Waals surface area contributed by atoms with Crippen molar-refractivity contribution < 1.29 is 0 Å². The number of nitrogens with zero attached hydrogens (tertiary/aromatic N) is 3. The van der Waals surface area contributed by atoms with E-state index in [1.807, 2.05) is 18.4 Å². The van der Waals surface area contributed by atoms with Crippen LogP contribution in [0.25, 0.3) is 0 Å². The lowest BCUT2D eigenvalue weighted by Crippen LogP contribution is -2.41. The fourth-order valence-corrected chi connectivity index (χ4v) is 4.68. The Labute approximate surface area is 145 Å². The summed E-state index contributed by atoms with van der Waals surface area (Å²) in [4.78, 5) is 12.8. The van der Waals surface area contributed by atoms with Crippen molar-refractivity contribution in [2.24, 2.45) is 16.8 Å². The largest absolute Gasteiger partial charge is 0.356 e. The maximum absolute atomic E-state index is 4.50. The van der Waals surface area contributed by atoms with Crippen LogP contribution in [0.1, 0.15) is 48.7 Å². The first-order chi connectivity index (χ1) is 11.1. The van der Waals surface area contributed by atoms with Crippen molar-refractivity contribution in [3.05, 3.63) is 15.6 Å². The van der Waals surface area contributed by atoms with Gasteiger partial charge in [0.1, 0.15) is 0 Å². The van der Waals surface area contributed by atoms with E-state index in [4.69, 9.17) is 0 Å². The molecule has 0 saturated carbocycles. The second kappa shape index (κ2) is 8.67. The van der Waals surface area contributed by atoms with Gasteiger partial charge in [-0.25, -0.2) is 4.98 Å². The molecule has 1 N–H and O–H groups in total. The van der Waals surface area contributed by atoms with Gasteiger partial charge in [-0.3, -0.25) is 4.99 Å². The molecule has 130 valence electrons. The molecule has 0 amide bonds. The van der Waals surface area contributed by atoms with Gasteiger partial charge in [-0.05, 0) is 32.1 Å². The summed E-state index contributed by atoms with van der Waals surface area (Å²) >= 11 is 1.81. The number of nitrogens with one attached hydrogen (secondary N) is 1. The van der Waals surface area contributed by atoms with Crippen LogP contribution in [0.5, 0.6) is 0 Å². The van der Waals surface area contributed by atoms with Gasteiger partial charge < -0.3 is 10.2 Å². The minimum absolute atomic E-state index is 0.829. The fraction of sp³-hybridized carbons (Fsp3) is 0.778. The number of hydrogen-bond donors (Lipinski definition) is 1. The molecule has 0 aliphatic carbocycles. The smallest absolute Gasteiger partial charge is 0.193 e. The zero-order valence-electron chi connectivity index (χ0n) is 15.4. The summed E-state index contributed by atoms with van der Waals surface area (Å²) in [5.41, 5.74) is 1.18. The Morgan fingerprint density at radius 2 is 2.13 bits per heavy atom. The Kier molecular flexibility index (Phi) is 6.88. The maximum atomic E-state index is 4.50. The lowest BCUT2D eigenvalue weighted by molar-refractivity contribution is 0.319. The second-order valence-electron chi connectivity index (χ2n) is 6.54. The molecular formula is C18H32N4S. The van der Waals surface area contributed by atoms with Crippen LogP contribution < -0.4 is 5.32 Å². The molecule has 2 heterocycles. The molecule has 5 heteroatoms. The molecule has 1 fully saturated rings. The van der Waals surface area contributed by atoms with Crippen molar-refractivity contribution in [3.63, 3.8) is 0 Å². The molecule has 1 atom stereocenters. The van der Waals surface area contributed by atoms with E-state index in [1.165, 1.54) is 29.8 Å². The van der Waals surface area contributed by atoms with Gasteiger partial charge in [0.15, 0.2) is 5.96 Å². The van der Waals surface area contributed by atoms with Crippen molar-refractivity contribution in [1.82, 2.24) is 15.2 Å². The van der Waals surface area contributed by atoms with Gasteiger partial charge in [-0.1, -0.05) is 26.7 Å². The van der Waals surface area contributed by atoms with Crippen molar-refractivity contribution in [2.45, 2.75) is 53.4 Å². The van der Waals surface area contributed by atoms with E-state index in [-0.39, 0.29) is 0 Å². The lowest BCUT2D eigenvalue weighted by atomic mass is 9.87. The molecule has 1 aliphatic rings. The quantitative estimate of drug-likeness (QED) is 0.637. The summed E-state index contributed by atoms with van der Waals surface area (Å²) in [6, 6.07) is 0. The highest BCUT2D eigenvalue weighted by Gasteiger charge is 2.29. The monoisotopic (exact) mass is 336 g/mol. The minimum atomic E-state index is 0.829. The molecule has 23 heavy (non-hydrogen) atoms. The summed E-state index contributed by atoms with van der Waals surface area (Å²) in [6.07, 6.45) is 4.93. The zero-order chi connectivity index (χ0) is 16.8. The topological polar surface area (TPSA) is 40.5 Å². The van der Waals surface area contributed by atoms with Gasteiger partial charge in [0.05, 0.1) is 10.7 Å². The number of aryl methyl sites for hydroxylation is 2. The summed E-state index contributed by atoms with van der Waals surface area (Å²) in [5, 5.41) is 4.71. The SMILES string of the molecule is CCC(CC)C1CCN(C(=NC)NCCc2sc(C)nc2C)C1. The van der Waals surface area contributed by atoms with E-state index in [0.717, 1.165) is 48.9 Å². The molecule has 0 spiro atoms. The number of rotatable bonds is 6. The molecule has 1 aromatic heterocycles. The third-order valence-corrected chi connectivity index (χ3v) is 6.22. The molecule has 0 bridgehead atoms. The lowest BCUT2D eigenvalue weighted by Gasteiger charge is -2.24. The van der Waals surface area contributed by atoms with Gasteiger partial charge in [0, 0.05) is 38.0 Å². The molecule has 0 aromatic carbocycles. The Morgan fingerprint density at radius 1 is 1.39 bits per heavy atom. The summed E-state index contributed by atoms with van der Waals surface area (Å²) in [7, 11) is 1.90. The van der Waals surface area contributed by atoms with Gasteiger partial charge in [-0.15, -0.1) is 11.3 Å². The van der Waals surface area contributed by atoms with Crippen molar-refractivity contribution in [2.75, 3.05) is 26.7 Å². The van der Waals surface area contributed by atoms with Crippen molar-refractivity contribution in [1.29, 1.82) is 0 Å². The number of thiazole rings is 1. The van der Waals surface area contributed by atoms with E-state index in [1.54, 1.807) is 0 Å². The van der Waals surface area contributed by atoms with E-state index >= 15 is 0 Å². The third-order valence-electron chi connectivity index (χ3n) is 5.09. The van der Waals surface area contributed by atoms with Crippen LogP contribution in [0.3, 0.4) is 0 Å². The molecular weight excluding hydrogens is 304 g/mol. The normalized spacial score (nSPS) is 19.0. The molecule has 0 radical (unpaired) electrons.